The number of nitrogens with two attached hydrogens (primary N) is 1. The highest BCUT2D eigenvalue weighted by Crippen LogP contribution is 2.22. The number of ether oxygens (including phenoxy) is 2. The molecule has 27 heavy (non-hydrogen) atoms. The summed E-state index contributed by atoms with van der Waals surface area (Å²) >= 11 is 0. The molecule has 3 rings (SSSR count). The van der Waals surface area contributed by atoms with Gasteiger partial charge in [0.1, 0.15) is 6.04 Å². The zero-order chi connectivity index (χ0) is 19.8. The Hall–Kier alpha value is -3.13. The third-order valence-electron chi connectivity index (χ3n) is 3.96. The topological polar surface area (TPSA) is 112 Å². The van der Waals surface area contributed by atoms with Crippen molar-refractivity contribution in [3.8, 4) is 5.88 Å². The molecule has 3 N–H and O–H groups in total. The summed E-state index contributed by atoms with van der Waals surface area (Å²) < 4.78 is 11.5. The number of H-pyrrole nitrogens is 1. The molecule has 0 fully saturated rings. The first-order chi connectivity index (χ1) is 13.0. The number of hydrogen-bond acceptors (Lipinski definition) is 6. The van der Waals surface area contributed by atoms with Crippen LogP contribution in [0.5, 0.6) is 5.88 Å². The maximum atomic E-state index is 11.3. The van der Waals surface area contributed by atoms with Gasteiger partial charge in [-0.2, -0.15) is 5.10 Å². The molecule has 0 saturated heterocycles. The van der Waals surface area contributed by atoms with Crippen LogP contribution in [0.15, 0.2) is 36.7 Å². The van der Waals surface area contributed by atoms with Crippen LogP contribution >= 0.6 is 0 Å². The van der Waals surface area contributed by atoms with Crippen molar-refractivity contribution in [2.45, 2.75) is 19.4 Å². The second kappa shape index (κ2) is 9.54. The second-order valence-electron chi connectivity index (χ2n) is 5.76. The monoisotopic (exact) mass is 372 g/mol. The number of methoxy groups -OCH3 is 1. The zero-order valence-corrected chi connectivity index (χ0v) is 15.6. The number of fused-ring (bicyclic) bond motifs is 1. The molecular weight excluding hydrogens is 348 g/mol. The average Bonchev–Trinajstić information content (AvgIpc) is 3.28. The first-order valence-corrected chi connectivity index (χ1v) is 8.50. The van der Waals surface area contributed by atoms with Crippen molar-refractivity contribution >= 4 is 23.2 Å². The van der Waals surface area contributed by atoms with Gasteiger partial charge in [-0.1, -0.05) is 12.1 Å². The number of aromatic amines is 1. The molecular formula is C19H24N4O4. The molecule has 0 amide bonds. The van der Waals surface area contributed by atoms with E-state index in [1.54, 1.807) is 29.2 Å². The molecule has 144 valence electrons. The Balaban J connectivity index is 0.000000244. The van der Waals surface area contributed by atoms with Crippen molar-refractivity contribution in [1.82, 2.24) is 14.8 Å². The van der Waals surface area contributed by atoms with E-state index in [1.807, 2.05) is 26.1 Å². The predicted molar refractivity (Wildman–Crippen MR) is 102 cm³/mol. The predicted octanol–water partition coefficient (Wildman–Crippen LogP) is 1.84. The number of esters is 1. The highest BCUT2D eigenvalue weighted by Gasteiger charge is 2.17. The van der Waals surface area contributed by atoms with Gasteiger partial charge in [0.25, 0.3) is 0 Å². The van der Waals surface area contributed by atoms with Crippen LogP contribution < -0.4 is 10.5 Å². The first kappa shape index (κ1) is 20.2. The summed E-state index contributed by atoms with van der Waals surface area (Å²) in [6, 6.07) is 6.51. The van der Waals surface area contributed by atoms with Gasteiger partial charge in [-0.15, -0.1) is 0 Å². The number of aromatic nitrogens is 3. The van der Waals surface area contributed by atoms with Crippen molar-refractivity contribution < 1.29 is 19.1 Å². The van der Waals surface area contributed by atoms with Crippen molar-refractivity contribution in [2.24, 2.45) is 12.8 Å². The van der Waals surface area contributed by atoms with Gasteiger partial charge in [0.2, 0.25) is 5.88 Å². The van der Waals surface area contributed by atoms with Crippen LogP contribution in [-0.4, -0.2) is 46.8 Å². The molecule has 0 aliphatic heterocycles. The van der Waals surface area contributed by atoms with E-state index in [2.05, 4.69) is 14.8 Å². The molecule has 0 aliphatic carbocycles. The Kier molecular flexibility index (Phi) is 7.13. The minimum Gasteiger partial charge on any atom is -0.478 e. The van der Waals surface area contributed by atoms with Crippen molar-refractivity contribution in [1.29, 1.82) is 0 Å². The Morgan fingerprint density at radius 1 is 1.41 bits per heavy atom. The number of carbonyl (C=O) groups is 2. The van der Waals surface area contributed by atoms with Crippen LogP contribution in [0.1, 0.15) is 22.8 Å². The van der Waals surface area contributed by atoms with Gasteiger partial charge >= 0.3 is 5.97 Å². The maximum Gasteiger partial charge on any atom is 0.322 e. The lowest BCUT2D eigenvalue weighted by molar-refractivity contribution is -0.142. The molecule has 8 nitrogen and oxygen atoms in total. The fraction of sp³-hybridized carbons (Fsp3) is 0.316. The number of aldehydes is 1. The van der Waals surface area contributed by atoms with E-state index in [4.69, 9.17) is 10.5 Å². The number of nitrogens with one attached hydrogen (secondary N) is 1. The van der Waals surface area contributed by atoms with Crippen LogP contribution in [0.4, 0.5) is 0 Å². The highest BCUT2D eigenvalue weighted by atomic mass is 16.5. The molecule has 1 aromatic carbocycles. The summed E-state index contributed by atoms with van der Waals surface area (Å²) in [6.45, 7) is 2.65. The molecule has 2 heterocycles. The van der Waals surface area contributed by atoms with Gasteiger partial charge in [-0.3, -0.25) is 9.59 Å². The molecule has 2 aromatic heterocycles. The summed E-state index contributed by atoms with van der Waals surface area (Å²) in [7, 11) is 3.15. The summed E-state index contributed by atoms with van der Waals surface area (Å²) in [5.74, 6) is 0.352. The van der Waals surface area contributed by atoms with Crippen LogP contribution in [0.25, 0.3) is 10.9 Å². The molecule has 8 heteroatoms. The van der Waals surface area contributed by atoms with Crippen LogP contribution in [0.3, 0.4) is 0 Å². The minimum absolute atomic E-state index is 0.331. The fourth-order valence-corrected chi connectivity index (χ4v) is 2.67. The Bertz CT molecular complexity index is 900. The van der Waals surface area contributed by atoms with E-state index >= 15 is 0 Å². The number of carbonyl (C=O) groups excluding carboxylic acids is 2. The van der Waals surface area contributed by atoms with Crippen molar-refractivity contribution in [3.05, 3.63) is 47.8 Å². The van der Waals surface area contributed by atoms with E-state index in [-0.39, 0.29) is 0 Å². The van der Waals surface area contributed by atoms with Gasteiger partial charge < -0.3 is 20.2 Å². The summed E-state index contributed by atoms with van der Waals surface area (Å²) in [5.41, 5.74) is 8.00. The third-order valence-corrected chi connectivity index (χ3v) is 3.96. The van der Waals surface area contributed by atoms with Gasteiger partial charge in [-0.05, 0) is 18.6 Å². The zero-order valence-electron chi connectivity index (χ0n) is 15.6. The second-order valence-corrected chi connectivity index (χ2v) is 5.76. The quantitative estimate of drug-likeness (QED) is 0.504. The largest absolute Gasteiger partial charge is 0.478 e. The average molecular weight is 372 g/mol. The van der Waals surface area contributed by atoms with Crippen LogP contribution in [-0.2, 0) is 23.0 Å². The fourth-order valence-electron chi connectivity index (χ4n) is 2.67. The number of aryl methyl sites for hydroxylation is 1. The summed E-state index contributed by atoms with van der Waals surface area (Å²) in [5, 5.41) is 4.74. The highest BCUT2D eigenvalue weighted by molar-refractivity contribution is 5.99. The standard InChI is InChI=1S/C13H14N2O3.C6H10N2O/c1-18-13(17)10(14)5-9-6-15-11-4-2-3-8(7-16)12(9)11;1-3-9-6-4-5-7-8(6)2/h2-4,6-7,10,15H,5,14H2,1H3;4-5H,3H2,1-2H3. The van der Waals surface area contributed by atoms with Gasteiger partial charge in [0, 0.05) is 42.2 Å². The Morgan fingerprint density at radius 3 is 2.78 bits per heavy atom. The van der Waals surface area contributed by atoms with Gasteiger partial charge in [0.05, 0.1) is 19.9 Å². The van der Waals surface area contributed by atoms with Gasteiger partial charge in [-0.25, -0.2) is 4.68 Å². The van der Waals surface area contributed by atoms with E-state index < -0.39 is 12.0 Å². The van der Waals surface area contributed by atoms with E-state index in [0.29, 0.717) is 18.6 Å². The normalized spacial score (nSPS) is 11.4. The number of benzene rings is 1. The van der Waals surface area contributed by atoms with Crippen molar-refractivity contribution in [3.63, 3.8) is 0 Å². The molecule has 1 atom stereocenters. The number of nitrogens with zero attached hydrogens (tertiary/aromatic N) is 2. The van der Waals surface area contributed by atoms with Gasteiger partial charge in [0.15, 0.2) is 6.29 Å². The molecule has 0 bridgehead atoms. The Morgan fingerprint density at radius 2 is 2.19 bits per heavy atom. The molecule has 3 aromatic rings. The van der Waals surface area contributed by atoms with Crippen molar-refractivity contribution in [2.75, 3.05) is 13.7 Å². The molecule has 0 spiro atoms. The smallest absolute Gasteiger partial charge is 0.322 e. The van der Waals surface area contributed by atoms with Crippen LogP contribution in [0.2, 0.25) is 0 Å². The molecule has 0 aliphatic rings. The van der Waals surface area contributed by atoms with Crippen LogP contribution in [0, 0.1) is 0 Å². The summed E-state index contributed by atoms with van der Waals surface area (Å²) in [6.07, 6.45) is 4.60. The molecule has 0 radical (unpaired) electrons. The van der Waals surface area contributed by atoms with E-state index in [1.165, 1.54) is 7.11 Å². The van der Waals surface area contributed by atoms with E-state index in [9.17, 15) is 9.59 Å². The number of hydrogen-bond donors (Lipinski definition) is 2. The maximum absolute atomic E-state index is 11.3. The summed E-state index contributed by atoms with van der Waals surface area (Å²) in [4.78, 5) is 25.4. The lowest BCUT2D eigenvalue weighted by Gasteiger charge is -2.08. The SMILES string of the molecule is CCOc1ccnn1C.COC(=O)C(N)Cc1c[nH]c2cccc(C=O)c12. The molecule has 0 saturated carbocycles. The number of rotatable bonds is 6. The Labute approximate surface area is 157 Å². The lowest BCUT2D eigenvalue weighted by Crippen LogP contribution is -2.33. The third kappa shape index (κ3) is 4.95. The first-order valence-electron chi connectivity index (χ1n) is 8.50. The minimum atomic E-state index is -0.728. The molecule has 1 unspecified atom stereocenters. The van der Waals surface area contributed by atoms with E-state index in [0.717, 1.165) is 28.6 Å². The lowest BCUT2D eigenvalue weighted by atomic mass is 10.0.